The van der Waals surface area contributed by atoms with Gasteiger partial charge in [0.1, 0.15) is 11.6 Å². The van der Waals surface area contributed by atoms with Crippen LogP contribution in [0.25, 0.3) is 0 Å². The highest BCUT2D eigenvalue weighted by atomic mass is 79.9. The summed E-state index contributed by atoms with van der Waals surface area (Å²) in [5.41, 5.74) is -0.384. The second-order valence-electron chi connectivity index (χ2n) is 2.11. The lowest BCUT2D eigenvalue weighted by atomic mass is 10.2. The Hall–Kier alpha value is -1.39. The van der Waals surface area contributed by atoms with E-state index in [0.717, 1.165) is 12.1 Å². The minimum absolute atomic E-state index is 0.296. The molecule has 0 amide bonds. The van der Waals surface area contributed by atoms with E-state index in [-0.39, 0.29) is 5.56 Å². The summed E-state index contributed by atoms with van der Waals surface area (Å²) >= 11 is 2.92. The minimum atomic E-state index is -0.783. The number of nitrogens with zero attached hydrogens (tertiary/aromatic N) is 1. The van der Waals surface area contributed by atoms with Gasteiger partial charge in [0.15, 0.2) is 6.07 Å². The molecule has 0 saturated carbocycles. The van der Waals surface area contributed by atoms with Gasteiger partial charge in [-0.25, -0.2) is 8.78 Å². The van der Waals surface area contributed by atoms with Gasteiger partial charge >= 0.3 is 0 Å². The fraction of sp³-hybridized carbons (Fsp3) is 0. The Morgan fingerprint density at radius 2 is 1.77 bits per heavy atom. The van der Waals surface area contributed by atoms with E-state index < -0.39 is 11.6 Å². The molecule has 1 aromatic rings. The van der Waals surface area contributed by atoms with Crippen molar-refractivity contribution < 1.29 is 8.78 Å². The van der Waals surface area contributed by atoms with E-state index in [1.54, 1.807) is 0 Å². The van der Waals surface area contributed by atoms with Crippen molar-refractivity contribution in [3.05, 3.63) is 33.8 Å². The summed E-state index contributed by atoms with van der Waals surface area (Å²) in [7, 11) is 0. The molecule has 1 rings (SSSR count). The highest BCUT2D eigenvalue weighted by molar-refractivity contribution is 9.10. The molecule has 0 heterocycles. The second-order valence-corrected chi connectivity index (χ2v) is 3.02. The molecule has 0 fully saturated rings. The smallest absolute Gasteiger partial charge is 0.152 e. The first-order valence-corrected chi connectivity index (χ1v) is 3.99. The van der Waals surface area contributed by atoms with Gasteiger partial charge in [-0.15, -0.1) is 0 Å². The van der Waals surface area contributed by atoms with E-state index in [1.165, 1.54) is 6.07 Å². The molecule has 13 heavy (non-hydrogen) atoms. The number of hydrogen-bond donors (Lipinski definition) is 0. The van der Waals surface area contributed by atoms with Crippen molar-refractivity contribution in [2.45, 2.75) is 0 Å². The van der Waals surface area contributed by atoms with E-state index in [1.807, 2.05) is 5.92 Å². The zero-order valence-electron chi connectivity index (χ0n) is 6.24. The predicted octanol–water partition coefficient (Wildman–Crippen LogP) is 2.60. The fourth-order valence-corrected chi connectivity index (χ4v) is 1.15. The molecule has 0 radical (unpaired) electrons. The van der Waals surface area contributed by atoms with Crippen molar-refractivity contribution in [2.24, 2.45) is 0 Å². The number of nitriles is 1. The van der Waals surface area contributed by atoms with Crippen molar-refractivity contribution >= 4 is 15.9 Å². The third-order valence-corrected chi connectivity index (χ3v) is 1.71. The van der Waals surface area contributed by atoms with Crippen LogP contribution in [-0.2, 0) is 0 Å². The van der Waals surface area contributed by atoms with Crippen LogP contribution in [0.3, 0.4) is 0 Å². The third kappa shape index (κ3) is 2.27. The monoisotopic (exact) mass is 241 g/mol. The van der Waals surface area contributed by atoms with E-state index in [9.17, 15) is 8.78 Å². The van der Waals surface area contributed by atoms with Crippen LogP contribution < -0.4 is 0 Å². The Morgan fingerprint density at radius 3 is 2.23 bits per heavy atom. The first-order valence-electron chi connectivity index (χ1n) is 3.20. The number of hydrogen-bond acceptors (Lipinski definition) is 1. The summed E-state index contributed by atoms with van der Waals surface area (Å²) in [6.45, 7) is 0. The standard InChI is InChI=1S/C9H2BrF2N/c10-6-4-8(11)7(2-1-3-13)9(12)5-6/h4-5H. The molecule has 0 aliphatic heterocycles. The molecule has 0 bridgehead atoms. The maximum atomic E-state index is 13.0. The Balaban J connectivity index is 3.31. The molecule has 0 spiro atoms. The Bertz CT molecular complexity index is 414. The molecule has 0 aliphatic rings. The largest absolute Gasteiger partial charge is 0.205 e. The zero-order valence-corrected chi connectivity index (χ0v) is 7.82. The Kier molecular flexibility index (Phi) is 3.00. The zero-order chi connectivity index (χ0) is 9.84. The molecular weight excluding hydrogens is 240 g/mol. The molecule has 4 heteroatoms. The van der Waals surface area contributed by atoms with Crippen LogP contribution in [0.1, 0.15) is 5.56 Å². The van der Waals surface area contributed by atoms with Gasteiger partial charge in [-0.1, -0.05) is 15.9 Å². The highest BCUT2D eigenvalue weighted by Gasteiger charge is 2.07. The van der Waals surface area contributed by atoms with Crippen molar-refractivity contribution in [2.75, 3.05) is 0 Å². The van der Waals surface area contributed by atoms with Crippen LogP contribution >= 0.6 is 15.9 Å². The molecule has 1 nitrogen and oxygen atoms in total. The second kappa shape index (κ2) is 4.02. The van der Waals surface area contributed by atoms with Crippen LogP contribution in [0.15, 0.2) is 16.6 Å². The van der Waals surface area contributed by atoms with E-state index in [2.05, 4.69) is 21.9 Å². The molecule has 0 aliphatic carbocycles. The first kappa shape index (κ1) is 9.70. The van der Waals surface area contributed by atoms with Gasteiger partial charge in [0, 0.05) is 10.4 Å². The molecule has 64 valence electrons. The molecule has 0 aromatic heterocycles. The first-order chi connectivity index (χ1) is 6.15. The van der Waals surface area contributed by atoms with Gasteiger partial charge in [-0.05, 0) is 18.1 Å². The topological polar surface area (TPSA) is 23.8 Å². The maximum absolute atomic E-state index is 13.0. The molecule has 0 N–H and O–H groups in total. The number of rotatable bonds is 0. The Morgan fingerprint density at radius 1 is 1.23 bits per heavy atom. The van der Waals surface area contributed by atoms with Crippen molar-refractivity contribution in [3.8, 4) is 17.9 Å². The van der Waals surface area contributed by atoms with Gasteiger partial charge in [0.05, 0.1) is 5.56 Å². The van der Waals surface area contributed by atoms with Crippen LogP contribution in [0.5, 0.6) is 0 Å². The quantitative estimate of drug-likeness (QED) is 0.641. The lowest BCUT2D eigenvalue weighted by Crippen LogP contribution is -1.89. The minimum Gasteiger partial charge on any atom is -0.205 e. The SMILES string of the molecule is N#CC#Cc1c(F)cc(Br)cc1F. The average Bonchev–Trinajstić information content (AvgIpc) is 2.02. The van der Waals surface area contributed by atoms with Gasteiger partial charge in [0.25, 0.3) is 0 Å². The maximum Gasteiger partial charge on any atom is 0.152 e. The normalized spacial score (nSPS) is 8.46. The summed E-state index contributed by atoms with van der Waals surface area (Å²) < 4.78 is 26.2. The summed E-state index contributed by atoms with van der Waals surface area (Å²) in [6.07, 6.45) is 0. The predicted molar refractivity (Wildman–Crippen MR) is 46.5 cm³/mol. The third-order valence-electron chi connectivity index (χ3n) is 1.25. The van der Waals surface area contributed by atoms with Crippen molar-refractivity contribution in [1.29, 1.82) is 5.26 Å². The van der Waals surface area contributed by atoms with E-state index >= 15 is 0 Å². The molecule has 0 saturated heterocycles. The van der Waals surface area contributed by atoms with Crippen LogP contribution in [0.2, 0.25) is 0 Å². The van der Waals surface area contributed by atoms with Crippen LogP contribution in [0, 0.1) is 34.8 Å². The summed E-state index contributed by atoms with van der Waals surface area (Å²) in [6, 6.07) is 3.65. The van der Waals surface area contributed by atoms with Crippen molar-refractivity contribution in [3.63, 3.8) is 0 Å². The summed E-state index contributed by atoms with van der Waals surface area (Å²) in [5, 5.41) is 8.09. The highest BCUT2D eigenvalue weighted by Crippen LogP contribution is 2.18. The van der Waals surface area contributed by atoms with E-state index in [4.69, 9.17) is 5.26 Å². The fourth-order valence-electron chi connectivity index (χ4n) is 0.752. The number of benzene rings is 1. The number of halogens is 3. The lowest BCUT2D eigenvalue weighted by Gasteiger charge is -1.97. The van der Waals surface area contributed by atoms with Gasteiger partial charge in [-0.2, -0.15) is 5.26 Å². The van der Waals surface area contributed by atoms with Crippen molar-refractivity contribution in [1.82, 2.24) is 0 Å². The van der Waals surface area contributed by atoms with Crippen LogP contribution in [0.4, 0.5) is 8.78 Å². The molecule has 1 aromatic carbocycles. The molecule has 0 unspecified atom stereocenters. The van der Waals surface area contributed by atoms with Gasteiger partial charge in [-0.3, -0.25) is 0 Å². The summed E-state index contributed by atoms with van der Waals surface area (Å²) in [4.78, 5) is 0. The van der Waals surface area contributed by atoms with Crippen LogP contribution in [-0.4, -0.2) is 0 Å². The Labute approximate surface area is 82.1 Å². The lowest BCUT2D eigenvalue weighted by molar-refractivity contribution is 0.576. The van der Waals surface area contributed by atoms with Gasteiger partial charge < -0.3 is 0 Å². The average molecular weight is 242 g/mol. The molecule has 0 atom stereocenters. The van der Waals surface area contributed by atoms with E-state index in [0.29, 0.717) is 4.47 Å². The van der Waals surface area contributed by atoms with Gasteiger partial charge in [0.2, 0.25) is 0 Å². The summed E-state index contributed by atoms with van der Waals surface area (Å²) in [5.74, 6) is 2.44. The molecular formula is C9H2BrF2N.